The first-order chi connectivity index (χ1) is 10.2. The maximum atomic E-state index is 12.0. The second kappa shape index (κ2) is 8.06. The Morgan fingerprint density at radius 1 is 1.33 bits per heavy atom. The molecule has 0 spiro atoms. The van der Waals surface area contributed by atoms with Crippen LogP contribution in [0.25, 0.3) is 0 Å². The molecule has 0 heterocycles. The highest BCUT2D eigenvalue weighted by Crippen LogP contribution is 2.26. The fourth-order valence-corrected chi connectivity index (χ4v) is 3.25. The number of benzene rings is 1. The molecule has 120 valence electrons. The summed E-state index contributed by atoms with van der Waals surface area (Å²) >= 11 is 0. The van der Waals surface area contributed by atoms with Crippen LogP contribution in [0, 0.1) is 0 Å². The second-order valence-electron chi connectivity index (χ2n) is 6.10. The van der Waals surface area contributed by atoms with Crippen LogP contribution in [0.5, 0.6) is 0 Å². The third-order valence-corrected chi connectivity index (χ3v) is 4.44. The van der Waals surface area contributed by atoms with Gasteiger partial charge in [-0.1, -0.05) is 45.2 Å². The van der Waals surface area contributed by atoms with Gasteiger partial charge in [-0.25, -0.2) is 4.79 Å². The smallest absolute Gasteiger partial charge is 0.319 e. The Morgan fingerprint density at radius 3 is 2.76 bits per heavy atom. The molecule has 1 unspecified atom stereocenters. The molecule has 2 amide bonds. The average molecular weight is 292 g/mol. The van der Waals surface area contributed by atoms with E-state index in [0.717, 1.165) is 24.9 Å². The average Bonchev–Trinajstić information content (AvgIpc) is 2.97. The molecule has 1 aromatic rings. The van der Waals surface area contributed by atoms with Gasteiger partial charge in [-0.15, -0.1) is 0 Å². The van der Waals surface area contributed by atoms with Crippen molar-refractivity contribution in [2.24, 2.45) is 0 Å². The highest BCUT2D eigenvalue weighted by atomic mass is 16.2. The highest BCUT2D eigenvalue weighted by Gasteiger charge is 2.17. The lowest BCUT2D eigenvalue weighted by atomic mass is 9.92. The van der Waals surface area contributed by atoms with E-state index in [4.69, 9.17) is 0 Å². The SMILES string of the molecule is CCCC(CC)c1cccc(NC(=O)NC2CCCC2)c1.[HH].[HH]. The molecule has 1 aliphatic rings. The third-order valence-electron chi connectivity index (χ3n) is 4.44. The molecule has 0 saturated heterocycles. The molecule has 3 heteroatoms. The van der Waals surface area contributed by atoms with E-state index in [-0.39, 0.29) is 8.88 Å². The van der Waals surface area contributed by atoms with E-state index < -0.39 is 0 Å². The Morgan fingerprint density at radius 2 is 2.10 bits per heavy atom. The van der Waals surface area contributed by atoms with Gasteiger partial charge in [0, 0.05) is 14.6 Å². The quantitative estimate of drug-likeness (QED) is 0.710. The molecule has 2 rings (SSSR count). The maximum Gasteiger partial charge on any atom is 0.319 e. The normalized spacial score (nSPS) is 16.7. The van der Waals surface area contributed by atoms with Crippen LogP contribution in [0.3, 0.4) is 0 Å². The van der Waals surface area contributed by atoms with E-state index in [1.54, 1.807) is 0 Å². The van der Waals surface area contributed by atoms with E-state index >= 15 is 0 Å². The summed E-state index contributed by atoms with van der Waals surface area (Å²) in [5.41, 5.74) is 2.23. The lowest BCUT2D eigenvalue weighted by Crippen LogP contribution is -2.36. The second-order valence-corrected chi connectivity index (χ2v) is 6.10. The first-order valence-electron chi connectivity index (χ1n) is 8.40. The highest BCUT2D eigenvalue weighted by molar-refractivity contribution is 5.89. The zero-order valence-electron chi connectivity index (χ0n) is 13.3. The van der Waals surface area contributed by atoms with Gasteiger partial charge in [-0.05, 0) is 49.3 Å². The monoisotopic (exact) mass is 292 g/mol. The number of rotatable bonds is 6. The predicted octanol–water partition coefficient (Wildman–Crippen LogP) is 5.54. The van der Waals surface area contributed by atoms with Gasteiger partial charge in [0.25, 0.3) is 0 Å². The largest absolute Gasteiger partial charge is 0.335 e. The van der Waals surface area contributed by atoms with E-state index in [1.807, 2.05) is 12.1 Å². The van der Waals surface area contributed by atoms with Crippen LogP contribution in [-0.2, 0) is 0 Å². The van der Waals surface area contributed by atoms with Gasteiger partial charge in [0.1, 0.15) is 0 Å². The Balaban J connectivity index is 0.00000242. The van der Waals surface area contributed by atoms with Gasteiger partial charge in [0.15, 0.2) is 0 Å². The fraction of sp³-hybridized carbons (Fsp3) is 0.611. The van der Waals surface area contributed by atoms with Crippen LogP contribution in [0.2, 0.25) is 0 Å². The van der Waals surface area contributed by atoms with E-state index in [9.17, 15) is 4.79 Å². The van der Waals surface area contributed by atoms with Crippen molar-refractivity contribution < 1.29 is 7.65 Å². The maximum absolute atomic E-state index is 12.0. The third kappa shape index (κ3) is 4.76. The number of anilines is 1. The Kier molecular flexibility index (Phi) is 6.09. The first-order valence-corrected chi connectivity index (χ1v) is 8.40. The molecule has 0 aliphatic heterocycles. The Labute approximate surface area is 131 Å². The number of hydrogen-bond acceptors (Lipinski definition) is 1. The summed E-state index contributed by atoms with van der Waals surface area (Å²) in [7, 11) is 0. The number of amides is 2. The van der Waals surface area contributed by atoms with Crippen molar-refractivity contribution in [2.45, 2.75) is 70.8 Å². The van der Waals surface area contributed by atoms with Gasteiger partial charge < -0.3 is 10.6 Å². The number of carbonyl (C=O) groups excluding carboxylic acids is 1. The van der Waals surface area contributed by atoms with Crippen molar-refractivity contribution >= 4 is 11.7 Å². The minimum absolute atomic E-state index is 0. The lowest BCUT2D eigenvalue weighted by molar-refractivity contribution is 0.248. The summed E-state index contributed by atoms with van der Waals surface area (Å²) in [6.07, 6.45) is 8.23. The van der Waals surface area contributed by atoms with E-state index in [0.29, 0.717) is 12.0 Å². The topological polar surface area (TPSA) is 41.1 Å². The zero-order chi connectivity index (χ0) is 15.1. The van der Waals surface area contributed by atoms with Crippen molar-refractivity contribution in [1.29, 1.82) is 0 Å². The Bertz CT molecular complexity index is 462. The molecular formula is C18H32N2O. The van der Waals surface area contributed by atoms with Crippen molar-refractivity contribution in [3.8, 4) is 0 Å². The molecule has 0 aromatic heterocycles. The van der Waals surface area contributed by atoms with Crippen LogP contribution < -0.4 is 10.6 Å². The molecule has 1 aromatic carbocycles. The van der Waals surface area contributed by atoms with Crippen molar-refractivity contribution in [2.75, 3.05) is 5.32 Å². The molecule has 3 nitrogen and oxygen atoms in total. The minimum Gasteiger partial charge on any atom is -0.335 e. The molecule has 0 radical (unpaired) electrons. The van der Waals surface area contributed by atoms with Gasteiger partial charge in [-0.2, -0.15) is 0 Å². The van der Waals surface area contributed by atoms with Gasteiger partial charge >= 0.3 is 6.03 Å². The summed E-state index contributed by atoms with van der Waals surface area (Å²) < 4.78 is 0. The summed E-state index contributed by atoms with van der Waals surface area (Å²) in [6.45, 7) is 4.45. The number of urea groups is 1. The summed E-state index contributed by atoms with van der Waals surface area (Å²) in [4.78, 5) is 12.0. The van der Waals surface area contributed by atoms with Crippen molar-refractivity contribution in [3.63, 3.8) is 0 Å². The standard InChI is InChI=1S/C18H28N2O.2H2/c1-3-8-14(4-2)15-9-7-12-17(13-15)20-18(21)19-16-10-5-6-11-16;;/h7,9,12-14,16H,3-6,8,10-11H2,1-2H3,(H2,19,20,21);2*1H. The zero-order valence-corrected chi connectivity index (χ0v) is 13.3. The molecule has 0 bridgehead atoms. The van der Waals surface area contributed by atoms with Crippen molar-refractivity contribution in [3.05, 3.63) is 29.8 Å². The molecule has 1 atom stereocenters. The van der Waals surface area contributed by atoms with E-state index in [1.165, 1.54) is 31.2 Å². The lowest BCUT2D eigenvalue weighted by Gasteiger charge is -2.17. The van der Waals surface area contributed by atoms with Gasteiger partial charge in [0.2, 0.25) is 0 Å². The van der Waals surface area contributed by atoms with Crippen LogP contribution in [0.1, 0.15) is 73.1 Å². The number of carbonyl (C=O) groups is 1. The molecule has 1 aliphatic carbocycles. The Hall–Kier alpha value is -1.51. The van der Waals surface area contributed by atoms with Crippen LogP contribution in [0.15, 0.2) is 24.3 Å². The molecular weight excluding hydrogens is 260 g/mol. The molecule has 21 heavy (non-hydrogen) atoms. The van der Waals surface area contributed by atoms with Gasteiger partial charge in [0.05, 0.1) is 0 Å². The molecule has 1 saturated carbocycles. The number of hydrogen-bond donors (Lipinski definition) is 2. The summed E-state index contributed by atoms with van der Waals surface area (Å²) in [6, 6.07) is 8.59. The number of nitrogens with one attached hydrogen (secondary N) is 2. The van der Waals surface area contributed by atoms with Crippen LogP contribution in [0.4, 0.5) is 10.5 Å². The van der Waals surface area contributed by atoms with Crippen molar-refractivity contribution in [1.82, 2.24) is 5.32 Å². The minimum atomic E-state index is -0.0670. The molecule has 1 fully saturated rings. The van der Waals surface area contributed by atoms with Crippen LogP contribution in [-0.4, -0.2) is 12.1 Å². The van der Waals surface area contributed by atoms with Crippen LogP contribution >= 0.6 is 0 Å². The summed E-state index contributed by atoms with van der Waals surface area (Å²) in [5, 5.41) is 6.05. The predicted molar refractivity (Wildman–Crippen MR) is 93.0 cm³/mol. The fourth-order valence-electron chi connectivity index (χ4n) is 3.25. The summed E-state index contributed by atoms with van der Waals surface area (Å²) in [5.74, 6) is 0.592. The first kappa shape index (κ1) is 15.9. The van der Waals surface area contributed by atoms with E-state index in [2.05, 4.69) is 36.6 Å². The van der Waals surface area contributed by atoms with Gasteiger partial charge in [-0.3, -0.25) is 0 Å². The molecule has 2 N–H and O–H groups in total.